The molecule has 100 valence electrons. The van der Waals surface area contributed by atoms with Crippen molar-refractivity contribution in [2.45, 2.75) is 6.42 Å². The molecule has 0 fully saturated rings. The fraction of sp³-hybridized carbons (Fsp3) is 0.182. The largest absolute Gasteiger partial charge is 0.389 e. The minimum atomic E-state index is -0.754. The molecule has 0 saturated carbocycles. The molecule has 0 aliphatic carbocycles. The van der Waals surface area contributed by atoms with E-state index >= 15 is 0 Å². The van der Waals surface area contributed by atoms with Crippen LogP contribution >= 0.6 is 12.2 Å². The van der Waals surface area contributed by atoms with Gasteiger partial charge in [-0.15, -0.1) is 0 Å². The van der Waals surface area contributed by atoms with Crippen LogP contribution < -0.4 is 11.1 Å². The van der Waals surface area contributed by atoms with Crippen LogP contribution in [0.25, 0.3) is 0 Å². The molecule has 2 rings (SSSR count). The summed E-state index contributed by atoms with van der Waals surface area (Å²) in [6.45, 7) is 0.264. The third-order valence-electron chi connectivity index (χ3n) is 2.38. The average Bonchev–Trinajstić information content (AvgIpc) is 2.85. The molecule has 0 bridgehead atoms. The summed E-state index contributed by atoms with van der Waals surface area (Å²) in [5.41, 5.74) is 5.23. The minimum absolute atomic E-state index is 0.0591. The molecule has 0 aliphatic rings. The van der Waals surface area contributed by atoms with E-state index in [9.17, 15) is 8.78 Å². The Hall–Kier alpha value is -2.09. The van der Waals surface area contributed by atoms with Crippen molar-refractivity contribution in [3.63, 3.8) is 0 Å². The molecule has 1 aromatic heterocycles. The zero-order valence-electron chi connectivity index (χ0n) is 9.69. The van der Waals surface area contributed by atoms with E-state index in [0.29, 0.717) is 12.2 Å². The lowest BCUT2D eigenvalue weighted by Crippen LogP contribution is -2.13. The van der Waals surface area contributed by atoms with Crippen molar-refractivity contribution in [2.24, 2.45) is 5.73 Å². The van der Waals surface area contributed by atoms with Crippen LogP contribution in [0.2, 0.25) is 0 Å². The Morgan fingerprint density at radius 2 is 2.05 bits per heavy atom. The average molecular weight is 284 g/mol. The molecule has 0 saturated heterocycles. The first-order valence-corrected chi connectivity index (χ1v) is 5.76. The van der Waals surface area contributed by atoms with Crippen molar-refractivity contribution < 1.29 is 13.3 Å². The van der Waals surface area contributed by atoms with Gasteiger partial charge in [-0.05, 0) is 12.1 Å². The number of halogens is 2. The highest BCUT2D eigenvalue weighted by Crippen LogP contribution is 2.20. The molecule has 0 amide bonds. The second-order valence-electron chi connectivity index (χ2n) is 3.70. The number of hydrogen-bond acceptors (Lipinski definition) is 5. The summed E-state index contributed by atoms with van der Waals surface area (Å²) in [5, 5.41) is 6.21. The van der Waals surface area contributed by atoms with Crippen LogP contribution in [0.4, 0.5) is 14.5 Å². The number of nitrogens with two attached hydrogens (primary N) is 1. The van der Waals surface area contributed by atoms with Gasteiger partial charge in [-0.3, -0.25) is 0 Å². The lowest BCUT2D eigenvalue weighted by molar-refractivity contribution is 0.410. The molecule has 2 aromatic rings. The molecule has 0 spiro atoms. The number of nitrogens with zero attached hydrogens (tertiary/aromatic N) is 2. The summed E-state index contributed by atoms with van der Waals surface area (Å²) in [5.74, 6) is -1.06. The van der Waals surface area contributed by atoms with Crippen molar-refractivity contribution >= 4 is 22.9 Å². The van der Waals surface area contributed by atoms with Gasteiger partial charge < -0.3 is 15.6 Å². The van der Waals surface area contributed by atoms with Crippen molar-refractivity contribution in [3.05, 3.63) is 41.5 Å². The second kappa shape index (κ2) is 5.70. The van der Waals surface area contributed by atoms with E-state index in [-0.39, 0.29) is 22.8 Å². The van der Waals surface area contributed by atoms with Crippen LogP contribution in [0.5, 0.6) is 0 Å². The van der Waals surface area contributed by atoms with Gasteiger partial charge in [0.2, 0.25) is 6.39 Å². The number of nitrogens with one attached hydrogen (secondary N) is 1. The Morgan fingerprint density at radius 3 is 2.58 bits per heavy atom. The van der Waals surface area contributed by atoms with Gasteiger partial charge in [0, 0.05) is 18.5 Å². The zero-order chi connectivity index (χ0) is 13.8. The van der Waals surface area contributed by atoms with Gasteiger partial charge >= 0.3 is 0 Å². The van der Waals surface area contributed by atoms with E-state index in [1.165, 1.54) is 6.39 Å². The Kier molecular flexibility index (Phi) is 4.00. The second-order valence-corrected chi connectivity index (χ2v) is 4.14. The summed E-state index contributed by atoms with van der Waals surface area (Å²) in [6, 6.07) is 2.17. The molecule has 0 radical (unpaired) electrons. The summed E-state index contributed by atoms with van der Waals surface area (Å²) < 4.78 is 31.9. The number of rotatable bonds is 5. The zero-order valence-corrected chi connectivity index (χ0v) is 10.5. The number of aromatic nitrogens is 2. The molecule has 0 aliphatic heterocycles. The van der Waals surface area contributed by atoms with E-state index in [0.717, 1.165) is 12.1 Å². The molecular formula is C11H10F2N4OS. The molecular weight excluding hydrogens is 274 g/mol. The topological polar surface area (TPSA) is 77.0 Å². The molecule has 1 heterocycles. The number of thiocarbonyl (C=S) groups is 1. The lowest BCUT2D eigenvalue weighted by atomic mass is 10.2. The van der Waals surface area contributed by atoms with Gasteiger partial charge in [0.15, 0.2) is 5.82 Å². The Bertz CT molecular complexity index is 565. The van der Waals surface area contributed by atoms with Crippen LogP contribution in [-0.2, 0) is 6.42 Å². The van der Waals surface area contributed by atoms with Gasteiger partial charge in [0.05, 0.1) is 0 Å². The van der Waals surface area contributed by atoms with Crippen LogP contribution in [-0.4, -0.2) is 21.7 Å². The first kappa shape index (κ1) is 13.3. The minimum Gasteiger partial charge on any atom is -0.389 e. The normalized spacial score (nSPS) is 10.4. The molecule has 0 unspecified atom stereocenters. The fourth-order valence-corrected chi connectivity index (χ4v) is 1.60. The van der Waals surface area contributed by atoms with Crippen molar-refractivity contribution in [1.29, 1.82) is 0 Å². The van der Waals surface area contributed by atoms with Gasteiger partial charge in [-0.25, -0.2) is 8.78 Å². The molecule has 19 heavy (non-hydrogen) atoms. The number of hydrogen-bond donors (Lipinski definition) is 2. The quantitative estimate of drug-likeness (QED) is 0.813. The van der Waals surface area contributed by atoms with Gasteiger partial charge in [0.1, 0.15) is 22.3 Å². The standard InChI is InChI=1S/C11H10F2N4OS/c12-7-3-6(11(14)19)4-8(13)10(7)15-2-1-9-16-5-18-17-9/h3-5,15H,1-2H2,(H2,14,19). The van der Waals surface area contributed by atoms with Crippen molar-refractivity contribution in [2.75, 3.05) is 11.9 Å². The highest BCUT2D eigenvalue weighted by Gasteiger charge is 2.12. The third kappa shape index (κ3) is 3.22. The highest BCUT2D eigenvalue weighted by molar-refractivity contribution is 7.80. The summed E-state index contributed by atoms with van der Waals surface area (Å²) >= 11 is 4.66. The molecule has 3 N–H and O–H groups in total. The smallest absolute Gasteiger partial charge is 0.213 e. The molecule has 5 nitrogen and oxygen atoms in total. The number of anilines is 1. The lowest BCUT2D eigenvalue weighted by Gasteiger charge is -2.09. The van der Waals surface area contributed by atoms with Crippen LogP contribution in [0.15, 0.2) is 23.0 Å². The fourth-order valence-electron chi connectivity index (χ4n) is 1.49. The Balaban J connectivity index is 2.06. The maximum Gasteiger partial charge on any atom is 0.213 e. The van der Waals surface area contributed by atoms with E-state index in [2.05, 4.69) is 32.2 Å². The first-order valence-electron chi connectivity index (χ1n) is 5.36. The third-order valence-corrected chi connectivity index (χ3v) is 2.62. The van der Waals surface area contributed by atoms with Crippen molar-refractivity contribution in [1.82, 2.24) is 10.1 Å². The van der Waals surface area contributed by atoms with Crippen LogP contribution in [0.1, 0.15) is 11.4 Å². The molecule has 0 atom stereocenters. The van der Waals surface area contributed by atoms with Crippen LogP contribution in [0, 0.1) is 11.6 Å². The van der Waals surface area contributed by atoms with Gasteiger partial charge in [0.25, 0.3) is 0 Å². The van der Waals surface area contributed by atoms with E-state index in [4.69, 9.17) is 5.73 Å². The maximum absolute atomic E-state index is 13.7. The van der Waals surface area contributed by atoms with E-state index < -0.39 is 11.6 Å². The highest BCUT2D eigenvalue weighted by atomic mass is 32.1. The molecule has 1 aromatic carbocycles. The Labute approximate surface area is 112 Å². The first-order chi connectivity index (χ1) is 9.08. The summed E-state index contributed by atoms with van der Waals surface area (Å²) in [4.78, 5) is 3.73. The SMILES string of the molecule is NC(=S)c1cc(F)c(NCCc2ncon2)c(F)c1. The van der Waals surface area contributed by atoms with Crippen LogP contribution in [0.3, 0.4) is 0 Å². The van der Waals surface area contributed by atoms with Gasteiger partial charge in [-0.1, -0.05) is 17.4 Å². The monoisotopic (exact) mass is 284 g/mol. The molecule has 8 heteroatoms. The summed E-state index contributed by atoms with van der Waals surface area (Å²) in [6.07, 6.45) is 1.57. The Morgan fingerprint density at radius 1 is 1.37 bits per heavy atom. The van der Waals surface area contributed by atoms with Crippen molar-refractivity contribution in [3.8, 4) is 0 Å². The van der Waals surface area contributed by atoms with Gasteiger partial charge in [-0.2, -0.15) is 4.98 Å². The predicted molar refractivity (Wildman–Crippen MR) is 68.7 cm³/mol. The maximum atomic E-state index is 13.7. The van der Waals surface area contributed by atoms with E-state index in [1.54, 1.807) is 0 Å². The van der Waals surface area contributed by atoms with E-state index in [1.807, 2.05) is 0 Å². The predicted octanol–water partition coefficient (Wildman–Crippen LogP) is 1.64. The number of benzene rings is 1. The summed E-state index contributed by atoms with van der Waals surface area (Å²) in [7, 11) is 0.